The first-order chi connectivity index (χ1) is 10.3. The lowest BCUT2D eigenvalue weighted by atomic mass is 9.90. The van der Waals surface area contributed by atoms with Crippen LogP contribution in [-0.2, 0) is 23.1 Å². The molecule has 1 N–H and O–H groups in total. The summed E-state index contributed by atoms with van der Waals surface area (Å²) in [5.41, 5.74) is 1.45. The van der Waals surface area contributed by atoms with Crippen LogP contribution in [0.25, 0.3) is 0 Å². The fourth-order valence-electron chi connectivity index (χ4n) is 3.46. The van der Waals surface area contributed by atoms with Crippen molar-refractivity contribution in [1.29, 1.82) is 0 Å². The van der Waals surface area contributed by atoms with Gasteiger partial charge in [0.15, 0.2) is 0 Å². The Bertz CT molecular complexity index is 453. The molecule has 1 saturated heterocycles. The van der Waals surface area contributed by atoms with Gasteiger partial charge in [-0.15, -0.1) is 11.3 Å². The summed E-state index contributed by atoms with van der Waals surface area (Å²) in [5.74, 6) is 1.28. The van der Waals surface area contributed by atoms with Gasteiger partial charge >= 0.3 is 0 Å². The number of ether oxygens (including phenoxy) is 1. The zero-order valence-corrected chi connectivity index (χ0v) is 14.7. The second-order valence-electron chi connectivity index (χ2n) is 6.10. The molecule has 0 amide bonds. The summed E-state index contributed by atoms with van der Waals surface area (Å²) in [6.07, 6.45) is 7.55. The van der Waals surface area contributed by atoms with Gasteiger partial charge in [0.25, 0.3) is 0 Å². The van der Waals surface area contributed by atoms with Gasteiger partial charge in [-0.25, -0.2) is 4.98 Å². The molecule has 2 heterocycles. The van der Waals surface area contributed by atoms with Gasteiger partial charge in [0.2, 0.25) is 0 Å². The van der Waals surface area contributed by atoms with Gasteiger partial charge < -0.3 is 10.1 Å². The van der Waals surface area contributed by atoms with E-state index in [9.17, 15) is 0 Å². The summed E-state index contributed by atoms with van der Waals surface area (Å²) in [6, 6.07) is 0. The first-order valence-electron chi connectivity index (χ1n) is 8.11. The van der Waals surface area contributed by atoms with E-state index in [-0.39, 0.29) is 5.54 Å². The normalized spacial score (nSPS) is 29.3. The number of hydrogen-bond acceptors (Lipinski definition) is 5. The Morgan fingerprint density at radius 2 is 2.19 bits per heavy atom. The van der Waals surface area contributed by atoms with Crippen LogP contribution in [0.15, 0.2) is 0 Å². The first-order valence-corrected chi connectivity index (χ1v) is 9.97. The maximum absolute atomic E-state index is 5.24. The molecule has 5 heteroatoms. The predicted octanol–water partition coefficient (Wildman–Crippen LogP) is 3.37. The molecule has 1 aromatic heterocycles. The Balaban J connectivity index is 1.88. The van der Waals surface area contributed by atoms with E-state index in [1.165, 1.54) is 55.0 Å². The number of hydrogen-bond donors (Lipinski definition) is 1. The lowest BCUT2D eigenvalue weighted by Crippen LogP contribution is -2.52. The van der Waals surface area contributed by atoms with Crippen molar-refractivity contribution < 1.29 is 4.74 Å². The molecule has 0 bridgehead atoms. The summed E-state index contributed by atoms with van der Waals surface area (Å²) in [5, 5.41) is 5.73. The molecule has 21 heavy (non-hydrogen) atoms. The molecular formula is C16H26N2OS2. The molecule has 3 nitrogen and oxygen atoms in total. The molecule has 0 saturated carbocycles. The second-order valence-corrected chi connectivity index (χ2v) is 8.64. The number of nitrogens with zero attached hydrogens (tertiary/aromatic N) is 1. The van der Waals surface area contributed by atoms with Crippen molar-refractivity contribution in [2.45, 2.75) is 56.2 Å². The Labute approximate surface area is 136 Å². The first kappa shape index (κ1) is 15.8. The molecule has 2 aliphatic rings. The third kappa shape index (κ3) is 3.16. The number of aromatic nitrogens is 1. The molecule has 0 spiro atoms. The molecule has 0 radical (unpaired) electrons. The molecule has 1 fully saturated rings. The minimum Gasteiger partial charge on any atom is -0.383 e. The number of thioether (sulfide) groups is 1. The lowest BCUT2D eigenvalue weighted by molar-refractivity contribution is 0.178. The Kier molecular flexibility index (Phi) is 5.25. The monoisotopic (exact) mass is 326 g/mol. The maximum Gasteiger partial charge on any atom is 0.114 e. The van der Waals surface area contributed by atoms with E-state index >= 15 is 0 Å². The summed E-state index contributed by atoms with van der Waals surface area (Å²) < 4.78 is 5.24. The molecule has 2 unspecified atom stereocenters. The minimum atomic E-state index is 0.0590. The molecule has 1 aliphatic heterocycles. The van der Waals surface area contributed by atoms with Gasteiger partial charge in [-0.1, -0.05) is 6.92 Å². The number of methoxy groups -OCH3 is 1. The fraction of sp³-hybridized carbons (Fsp3) is 0.812. The van der Waals surface area contributed by atoms with E-state index in [2.05, 4.69) is 24.0 Å². The smallest absolute Gasteiger partial charge is 0.114 e. The fourth-order valence-corrected chi connectivity index (χ4v) is 6.23. The van der Waals surface area contributed by atoms with Gasteiger partial charge in [-0.05, 0) is 44.3 Å². The molecule has 0 aromatic carbocycles. The quantitative estimate of drug-likeness (QED) is 0.841. The summed E-state index contributed by atoms with van der Waals surface area (Å²) in [7, 11) is 1.77. The SMILES string of the molecule is COCCNC1(c2nc3c(s2)CCCC3)CCCSC1C. The largest absolute Gasteiger partial charge is 0.383 e. The minimum absolute atomic E-state index is 0.0590. The highest BCUT2D eigenvalue weighted by Crippen LogP contribution is 2.44. The third-order valence-corrected chi connectivity index (χ3v) is 7.51. The Hall–Kier alpha value is -0.100. The highest BCUT2D eigenvalue weighted by atomic mass is 32.2. The van der Waals surface area contributed by atoms with Crippen molar-refractivity contribution in [2.24, 2.45) is 0 Å². The summed E-state index contributed by atoms with van der Waals surface area (Å²) in [4.78, 5) is 6.63. The molecule has 2 atom stereocenters. The lowest BCUT2D eigenvalue weighted by Gasteiger charge is -2.41. The van der Waals surface area contributed by atoms with Crippen LogP contribution in [0, 0.1) is 0 Å². The summed E-state index contributed by atoms with van der Waals surface area (Å²) >= 11 is 4.06. The van der Waals surface area contributed by atoms with Crippen LogP contribution in [-0.4, -0.2) is 36.2 Å². The topological polar surface area (TPSA) is 34.1 Å². The van der Waals surface area contributed by atoms with Gasteiger partial charge in [0, 0.05) is 23.8 Å². The summed E-state index contributed by atoms with van der Waals surface area (Å²) in [6.45, 7) is 4.04. The van der Waals surface area contributed by atoms with Crippen LogP contribution in [0.4, 0.5) is 0 Å². The van der Waals surface area contributed by atoms with Crippen LogP contribution in [0.1, 0.15) is 48.2 Å². The number of fused-ring (bicyclic) bond motifs is 1. The highest BCUT2D eigenvalue weighted by molar-refractivity contribution is 8.00. The standard InChI is InChI=1S/C16H26N2OS2/c1-12-16(8-5-11-20-12,17-9-10-19-2)15-18-13-6-3-4-7-14(13)21-15/h12,17H,3-11H2,1-2H3. The molecule has 118 valence electrons. The average Bonchev–Trinajstić information content (AvgIpc) is 2.94. The van der Waals surface area contributed by atoms with Crippen LogP contribution in [0.3, 0.4) is 0 Å². The number of nitrogens with one attached hydrogen (secondary N) is 1. The van der Waals surface area contributed by atoms with Crippen molar-refractivity contribution in [3.63, 3.8) is 0 Å². The van der Waals surface area contributed by atoms with Gasteiger partial charge in [-0.3, -0.25) is 0 Å². The molecular weight excluding hydrogens is 300 g/mol. The van der Waals surface area contributed by atoms with E-state index in [1.807, 2.05) is 11.3 Å². The van der Waals surface area contributed by atoms with Crippen LogP contribution < -0.4 is 5.32 Å². The van der Waals surface area contributed by atoms with E-state index in [1.54, 1.807) is 12.0 Å². The third-order valence-electron chi connectivity index (χ3n) is 4.75. The van der Waals surface area contributed by atoms with Crippen LogP contribution in [0.5, 0.6) is 0 Å². The van der Waals surface area contributed by atoms with Gasteiger partial charge in [0.1, 0.15) is 5.01 Å². The zero-order chi connectivity index (χ0) is 14.7. The maximum atomic E-state index is 5.24. The average molecular weight is 327 g/mol. The highest BCUT2D eigenvalue weighted by Gasteiger charge is 2.43. The molecule has 1 aromatic rings. The van der Waals surface area contributed by atoms with E-state index in [0.717, 1.165) is 13.2 Å². The Morgan fingerprint density at radius 1 is 1.33 bits per heavy atom. The number of rotatable bonds is 5. The molecule has 3 rings (SSSR count). The second kappa shape index (κ2) is 6.99. The van der Waals surface area contributed by atoms with Crippen molar-refractivity contribution in [3.05, 3.63) is 15.6 Å². The van der Waals surface area contributed by atoms with Crippen molar-refractivity contribution in [1.82, 2.24) is 10.3 Å². The van der Waals surface area contributed by atoms with E-state index in [0.29, 0.717) is 5.25 Å². The molecule has 1 aliphatic carbocycles. The predicted molar refractivity (Wildman–Crippen MR) is 91.5 cm³/mol. The van der Waals surface area contributed by atoms with Crippen LogP contribution in [0.2, 0.25) is 0 Å². The number of aryl methyl sites for hydroxylation is 2. The van der Waals surface area contributed by atoms with Crippen molar-refractivity contribution in [3.8, 4) is 0 Å². The van der Waals surface area contributed by atoms with Gasteiger partial charge in [-0.2, -0.15) is 11.8 Å². The number of thiazole rings is 1. The van der Waals surface area contributed by atoms with E-state index < -0.39 is 0 Å². The van der Waals surface area contributed by atoms with Crippen LogP contribution >= 0.6 is 23.1 Å². The Morgan fingerprint density at radius 3 is 2.95 bits per heavy atom. The zero-order valence-electron chi connectivity index (χ0n) is 13.1. The van der Waals surface area contributed by atoms with E-state index in [4.69, 9.17) is 9.72 Å². The van der Waals surface area contributed by atoms with Crippen molar-refractivity contribution >= 4 is 23.1 Å². The van der Waals surface area contributed by atoms with Crippen molar-refractivity contribution in [2.75, 3.05) is 26.0 Å². The van der Waals surface area contributed by atoms with Gasteiger partial charge in [0.05, 0.1) is 17.8 Å².